The van der Waals surface area contributed by atoms with E-state index in [-0.39, 0.29) is 0 Å². The zero-order chi connectivity index (χ0) is 19.2. The van der Waals surface area contributed by atoms with Crippen molar-refractivity contribution < 1.29 is 0 Å². The summed E-state index contributed by atoms with van der Waals surface area (Å²) in [6.45, 7) is 14.4. The van der Waals surface area contributed by atoms with E-state index < -0.39 is 0 Å². The largest absolute Gasteiger partial charge is 0.300 e. The van der Waals surface area contributed by atoms with Crippen LogP contribution < -0.4 is 5.43 Å². The molecule has 25 heavy (non-hydrogen) atoms. The second-order valence-corrected chi connectivity index (χ2v) is 5.99. The fourth-order valence-corrected chi connectivity index (χ4v) is 2.53. The highest BCUT2D eigenvalue weighted by molar-refractivity contribution is 5.42. The van der Waals surface area contributed by atoms with Gasteiger partial charge in [0.05, 0.1) is 6.07 Å². The van der Waals surface area contributed by atoms with Crippen LogP contribution >= 0.6 is 0 Å². The van der Waals surface area contributed by atoms with Gasteiger partial charge in [-0.05, 0) is 56.4 Å². The van der Waals surface area contributed by atoms with E-state index in [0.717, 1.165) is 25.0 Å². The van der Waals surface area contributed by atoms with Gasteiger partial charge in [-0.2, -0.15) is 5.26 Å². The number of hydrogen-bond donors (Lipinski definition) is 1. The van der Waals surface area contributed by atoms with Gasteiger partial charge in [-0.25, -0.2) is 0 Å². The number of hydrazine groups is 1. The second kappa shape index (κ2) is 12.9. The highest BCUT2D eigenvalue weighted by Gasteiger charge is 2.06. The Bertz CT molecular complexity index is 622. The average Bonchev–Trinajstić information content (AvgIpc) is 2.56. The van der Waals surface area contributed by atoms with Gasteiger partial charge in [-0.3, -0.25) is 10.4 Å². The number of nitrogens with zero attached hydrogens (tertiary/aromatic N) is 2. The lowest BCUT2D eigenvalue weighted by atomic mass is 9.94. The number of nitrogens with one attached hydrogen (secondary N) is 1. The Morgan fingerprint density at radius 2 is 1.92 bits per heavy atom. The number of allylic oxidation sites excluding steroid dienone is 9. The molecule has 0 bridgehead atoms. The summed E-state index contributed by atoms with van der Waals surface area (Å²) in [4.78, 5) is 0. The lowest BCUT2D eigenvalue weighted by molar-refractivity contribution is 0.374. The number of hydrogen-bond acceptors (Lipinski definition) is 3. The summed E-state index contributed by atoms with van der Waals surface area (Å²) in [5.41, 5.74) is 8.55. The van der Waals surface area contributed by atoms with Crippen LogP contribution in [0.1, 0.15) is 53.9 Å². The molecule has 0 aliphatic heterocycles. The van der Waals surface area contributed by atoms with Crippen molar-refractivity contribution in [2.75, 3.05) is 7.05 Å². The molecule has 136 valence electrons. The summed E-state index contributed by atoms with van der Waals surface area (Å²) in [7, 11) is 1.86. The SMILES string of the molecule is C=C(/C=C(C)/C(CCC)=C(/C=C\C=C\C)CC)NN(C)/C=C(\C)C#N. The van der Waals surface area contributed by atoms with Crippen LogP contribution in [0.2, 0.25) is 0 Å². The van der Waals surface area contributed by atoms with Crippen molar-refractivity contribution >= 4 is 0 Å². The van der Waals surface area contributed by atoms with Crippen molar-refractivity contribution in [2.45, 2.75) is 53.9 Å². The molecule has 0 fully saturated rings. The number of rotatable bonds is 10. The van der Waals surface area contributed by atoms with Crippen LogP contribution in [0.4, 0.5) is 0 Å². The smallest absolute Gasteiger partial charge is 0.0960 e. The van der Waals surface area contributed by atoms with Gasteiger partial charge in [0.1, 0.15) is 0 Å². The molecule has 0 aliphatic carbocycles. The zero-order valence-corrected chi connectivity index (χ0v) is 16.7. The summed E-state index contributed by atoms with van der Waals surface area (Å²) in [5, 5.41) is 10.6. The van der Waals surface area contributed by atoms with Crippen LogP contribution in [0.3, 0.4) is 0 Å². The first-order valence-electron chi connectivity index (χ1n) is 8.86. The van der Waals surface area contributed by atoms with Gasteiger partial charge in [0.15, 0.2) is 0 Å². The molecule has 0 aromatic rings. The van der Waals surface area contributed by atoms with Crippen LogP contribution in [0, 0.1) is 11.3 Å². The molecular weight excluding hydrogens is 306 g/mol. The zero-order valence-electron chi connectivity index (χ0n) is 16.7. The van der Waals surface area contributed by atoms with Gasteiger partial charge < -0.3 is 0 Å². The summed E-state index contributed by atoms with van der Waals surface area (Å²) < 4.78 is 0. The van der Waals surface area contributed by atoms with E-state index in [1.807, 2.05) is 20.0 Å². The van der Waals surface area contributed by atoms with Gasteiger partial charge in [0.2, 0.25) is 0 Å². The van der Waals surface area contributed by atoms with Gasteiger partial charge in [-0.15, -0.1) is 0 Å². The Kier molecular flexibility index (Phi) is 11.6. The summed E-state index contributed by atoms with van der Waals surface area (Å²) in [6, 6.07) is 2.11. The van der Waals surface area contributed by atoms with Crippen molar-refractivity contribution in [3.8, 4) is 6.07 Å². The van der Waals surface area contributed by atoms with Gasteiger partial charge in [0.25, 0.3) is 0 Å². The Hall–Kier alpha value is -2.47. The molecule has 0 aromatic heterocycles. The van der Waals surface area contributed by atoms with E-state index in [4.69, 9.17) is 5.26 Å². The van der Waals surface area contributed by atoms with E-state index in [1.54, 1.807) is 18.1 Å². The molecule has 0 spiro atoms. The average molecular weight is 340 g/mol. The highest BCUT2D eigenvalue weighted by Crippen LogP contribution is 2.24. The first-order valence-corrected chi connectivity index (χ1v) is 8.86. The van der Waals surface area contributed by atoms with Gasteiger partial charge in [-0.1, -0.05) is 51.2 Å². The minimum Gasteiger partial charge on any atom is -0.300 e. The predicted octanol–water partition coefficient (Wildman–Crippen LogP) is 5.95. The second-order valence-electron chi connectivity index (χ2n) is 5.99. The molecular formula is C22H33N3. The molecule has 0 radical (unpaired) electrons. The molecule has 0 amide bonds. The Balaban J connectivity index is 5.44. The molecule has 0 atom stereocenters. The summed E-state index contributed by atoms with van der Waals surface area (Å²) >= 11 is 0. The molecule has 0 heterocycles. The van der Waals surface area contributed by atoms with Gasteiger partial charge in [0, 0.05) is 24.5 Å². The molecule has 0 aliphatic rings. The third-order valence-electron chi connectivity index (χ3n) is 3.62. The van der Waals surface area contributed by atoms with E-state index >= 15 is 0 Å². The highest BCUT2D eigenvalue weighted by atomic mass is 15.5. The Morgan fingerprint density at radius 1 is 1.24 bits per heavy atom. The third kappa shape index (κ3) is 9.42. The molecule has 3 nitrogen and oxygen atoms in total. The molecule has 0 rings (SSSR count). The molecule has 0 saturated heterocycles. The van der Waals surface area contributed by atoms with Crippen molar-refractivity contribution in [3.63, 3.8) is 0 Å². The summed E-state index contributed by atoms with van der Waals surface area (Å²) in [6.07, 6.45) is 15.3. The van der Waals surface area contributed by atoms with Crippen LogP contribution in [-0.2, 0) is 0 Å². The molecule has 0 unspecified atom stereocenters. The Labute approximate surface area is 154 Å². The standard InChI is InChI=1S/C22H33N3/c1-8-11-12-14-21(10-3)22(13-9-2)19(5)15-20(6)24-25(7)17-18(4)16-23/h8,11-12,14-15,17,24H,6,9-10,13H2,1-5,7H3/b11-8+,14-12-,18-17+,19-15+,22-21+. The van der Waals surface area contributed by atoms with Crippen molar-refractivity contribution in [1.82, 2.24) is 10.4 Å². The first-order chi connectivity index (χ1) is 11.9. The van der Waals surface area contributed by atoms with Crippen LogP contribution in [-0.4, -0.2) is 12.1 Å². The normalized spacial score (nSPS) is 13.8. The maximum Gasteiger partial charge on any atom is 0.0960 e. The van der Waals surface area contributed by atoms with Crippen molar-refractivity contribution in [3.05, 3.63) is 71.1 Å². The van der Waals surface area contributed by atoms with Crippen LogP contribution in [0.25, 0.3) is 0 Å². The fourth-order valence-electron chi connectivity index (χ4n) is 2.53. The van der Waals surface area contributed by atoms with Crippen molar-refractivity contribution in [1.29, 1.82) is 5.26 Å². The van der Waals surface area contributed by atoms with Crippen molar-refractivity contribution in [2.24, 2.45) is 0 Å². The maximum atomic E-state index is 8.85. The Morgan fingerprint density at radius 3 is 2.44 bits per heavy atom. The van der Waals surface area contributed by atoms with E-state index in [2.05, 4.69) is 63.1 Å². The van der Waals surface area contributed by atoms with E-state index in [9.17, 15) is 0 Å². The minimum atomic E-state index is 0.637. The maximum absolute atomic E-state index is 8.85. The fraction of sp³-hybridized carbons (Fsp3) is 0.409. The lowest BCUT2D eigenvalue weighted by Crippen LogP contribution is -2.28. The first kappa shape index (κ1) is 22.5. The molecule has 0 saturated carbocycles. The van der Waals surface area contributed by atoms with Gasteiger partial charge >= 0.3 is 0 Å². The van der Waals surface area contributed by atoms with Crippen LogP contribution in [0.5, 0.6) is 0 Å². The third-order valence-corrected chi connectivity index (χ3v) is 3.62. The van der Waals surface area contributed by atoms with E-state index in [0.29, 0.717) is 5.57 Å². The molecule has 1 N–H and O–H groups in total. The monoisotopic (exact) mass is 339 g/mol. The minimum absolute atomic E-state index is 0.637. The quantitative estimate of drug-likeness (QED) is 0.304. The predicted molar refractivity (Wildman–Crippen MR) is 109 cm³/mol. The van der Waals surface area contributed by atoms with E-state index in [1.165, 1.54) is 16.7 Å². The molecule has 3 heteroatoms. The summed E-state index contributed by atoms with van der Waals surface area (Å²) in [5.74, 6) is 0. The number of nitriles is 1. The lowest BCUT2D eigenvalue weighted by Gasteiger charge is -2.19. The molecule has 0 aromatic carbocycles. The topological polar surface area (TPSA) is 39.1 Å². The van der Waals surface area contributed by atoms with Crippen LogP contribution in [0.15, 0.2) is 71.1 Å².